The minimum atomic E-state index is -4.56. The third-order valence-electron chi connectivity index (χ3n) is 3.31. The maximum atomic E-state index is 12.5. The molecule has 0 spiro atoms. The number of halogens is 4. The highest BCUT2D eigenvalue weighted by molar-refractivity contribution is 6.30. The molecule has 0 bridgehead atoms. The molecule has 2 nitrogen and oxygen atoms in total. The maximum absolute atomic E-state index is 12.5. The zero-order valence-corrected chi connectivity index (χ0v) is 12.1. The molecule has 1 aromatic carbocycles. The van der Waals surface area contributed by atoms with Gasteiger partial charge in [-0.15, -0.1) is 0 Å². The zero-order chi connectivity index (χ0) is 15.8. The molecule has 0 fully saturated rings. The van der Waals surface area contributed by atoms with E-state index in [2.05, 4.69) is 4.98 Å². The van der Waals surface area contributed by atoms with Crippen molar-refractivity contribution in [1.29, 1.82) is 0 Å². The van der Waals surface area contributed by atoms with Crippen LogP contribution < -0.4 is 0 Å². The Morgan fingerprint density at radius 3 is 2.29 bits per heavy atom. The van der Waals surface area contributed by atoms with E-state index in [9.17, 15) is 18.3 Å². The topological polar surface area (TPSA) is 33.1 Å². The predicted octanol–water partition coefficient (Wildman–Crippen LogP) is 4.45. The van der Waals surface area contributed by atoms with E-state index in [1.165, 1.54) is 0 Å². The van der Waals surface area contributed by atoms with Crippen LogP contribution >= 0.6 is 11.6 Å². The molecule has 6 heteroatoms. The Kier molecular flexibility index (Phi) is 4.25. The van der Waals surface area contributed by atoms with Crippen molar-refractivity contribution in [3.05, 3.63) is 63.4 Å². The summed E-state index contributed by atoms with van der Waals surface area (Å²) in [5.41, 5.74) is 1.66. The molecule has 0 amide bonds. The van der Waals surface area contributed by atoms with E-state index in [-0.39, 0.29) is 10.7 Å². The van der Waals surface area contributed by atoms with Crippen molar-refractivity contribution < 1.29 is 18.3 Å². The molecule has 21 heavy (non-hydrogen) atoms. The van der Waals surface area contributed by atoms with Gasteiger partial charge < -0.3 is 5.11 Å². The molecule has 0 saturated heterocycles. The average molecular weight is 316 g/mol. The highest BCUT2D eigenvalue weighted by atomic mass is 35.5. The second kappa shape index (κ2) is 5.66. The molecular formula is C15H13ClF3NO. The van der Waals surface area contributed by atoms with E-state index >= 15 is 0 Å². The van der Waals surface area contributed by atoms with Gasteiger partial charge in [0.15, 0.2) is 0 Å². The van der Waals surface area contributed by atoms with Crippen LogP contribution in [0.15, 0.2) is 30.3 Å². The van der Waals surface area contributed by atoms with E-state index in [1.54, 1.807) is 12.1 Å². The van der Waals surface area contributed by atoms with Gasteiger partial charge in [0.25, 0.3) is 0 Å². The molecule has 0 aliphatic heterocycles. The van der Waals surface area contributed by atoms with Gasteiger partial charge in [0, 0.05) is 5.56 Å². The molecule has 1 unspecified atom stereocenters. The average Bonchev–Trinajstić information content (AvgIpc) is 2.40. The van der Waals surface area contributed by atoms with Crippen molar-refractivity contribution in [2.24, 2.45) is 0 Å². The Morgan fingerprint density at radius 1 is 1.10 bits per heavy atom. The van der Waals surface area contributed by atoms with Crippen LogP contribution in [0.3, 0.4) is 0 Å². The fourth-order valence-corrected chi connectivity index (χ4v) is 2.18. The number of aliphatic hydroxyl groups is 1. The normalized spacial score (nSPS) is 13.3. The highest BCUT2D eigenvalue weighted by Crippen LogP contribution is 2.33. The number of hydrogen-bond acceptors (Lipinski definition) is 2. The van der Waals surface area contributed by atoms with E-state index in [0.29, 0.717) is 5.56 Å². The maximum Gasteiger partial charge on any atom is 0.433 e. The minimum Gasteiger partial charge on any atom is -0.384 e. The summed E-state index contributed by atoms with van der Waals surface area (Å²) in [6, 6.07) is 7.28. The van der Waals surface area contributed by atoms with Gasteiger partial charge in [-0.2, -0.15) is 13.2 Å². The fraction of sp³-hybridized carbons (Fsp3) is 0.267. The zero-order valence-electron chi connectivity index (χ0n) is 11.4. The molecule has 1 N–H and O–H groups in total. The van der Waals surface area contributed by atoms with E-state index in [1.807, 2.05) is 19.9 Å². The smallest absolute Gasteiger partial charge is 0.384 e. The number of aryl methyl sites for hydroxylation is 2. The quantitative estimate of drug-likeness (QED) is 0.830. The third-order valence-corrected chi connectivity index (χ3v) is 3.61. The Bertz CT molecular complexity index is 670. The molecular weight excluding hydrogens is 303 g/mol. The lowest BCUT2D eigenvalue weighted by atomic mass is 9.99. The Morgan fingerprint density at radius 2 is 1.76 bits per heavy atom. The first-order valence-corrected chi connectivity index (χ1v) is 6.57. The van der Waals surface area contributed by atoms with Crippen molar-refractivity contribution in [1.82, 2.24) is 4.98 Å². The summed E-state index contributed by atoms with van der Waals surface area (Å²) in [5.74, 6) is 0. The molecule has 1 atom stereocenters. The van der Waals surface area contributed by atoms with E-state index in [0.717, 1.165) is 23.3 Å². The highest BCUT2D eigenvalue weighted by Gasteiger charge is 2.33. The van der Waals surface area contributed by atoms with Gasteiger partial charge in [-0.3, -0.25) is 0 Å². The molecule has 2 rings (SSSR count). The summed E-state index contributed by atoms with van der Waals surface area (Å²) in [4.78, 5) is 3.31. The first-order valence-electron chi connectivity index (χ1n) is 6.19. The number of pyridine rings is 1. The molecule has 2 aromatic rings. The van der Waals surface area contributed by atoms with Crippen molar-refractivity contribution in [2.45, 2.75) is 26.1 Å². The van der Waals surface area contributed by atoms with Crippen molar-refractivity contribution >= 4 is 11.6 Å². The number of alkyl halides is 3. The van der Waals surface area contributed by atoms with Crippen LogP contribution in [0, 0.1) is 13.8 Å². The third kappa shape index (κ3) is 3.36. The van der Waals surface area contributed by atoms with E-state index < -0.39 is 18.0 Å². The summed E-state index contributed by atoms with van der Waals surface area (Å²) in [5, 5.41) is 9.92. The van der Waals surface area contributed by atoms with Crippen LogP contribution in [0.4, 0.5) is 13.2 Å². The standard InChI is InChI=1S/C15H13ClF3NO/c1-8-3-4-10(7-9(8)2)13(21)11-5-6-12(15(17,18)19)20-14(11)16/h3-7,13,21H,1-2H3. The number of aliphatic hydroxyl groups excluding tert-OH is 1. The van der Waals surface area contributed by atoms with Gasteiger partial charge in [0.2, 0.25) is 0 Å². The Hall–Kier alpha value is -1.59. The van der Waals surface area contributed by atoms with Gasteiger partial charge in [0.1, 0.15) is 17.0 Å². The number of hydrogen-bond donors (Lipinski definition) is 1. The molecule has 0 aliphatic carbocycles. The lowest BCUT2D eigenvalue weighted by Crippen LogP contribution is -2.10. The second-order valence-electron chi connectivity index (χ2n) is 4.82. The van der Waals surface area contributed by atoms with Gasteiger partial charge in [-0.1, -0.05) is 35.9 Å². The summed E-state index contributed by atoms with van der Waals surface area (Å²) in [6.45, 7) is 3.82. The van der Waals surface area contributed by atoms with Crippen molar-refractivity contribution in [3.63, 3.8) is 0 Å². The lowest BCUT2D eigenvalue weighted by molar-refractivity contribution is -0.141. The summed E-state index contributed by atoms with van der Waals surface area (Å²) < 4.78 is 37.6. The van der Waals surface area contributed by atoms with Gasteiger partial charge in [0.05, 0.1) is 0 Å². The number of aromatic nitrogens is 1. The number of nitrogens with zero attached hydrogens (tertiary/aromatic N) is 1. The van der Waals surface area contributed by atoms with Gasteiger partial charge in [-0.25, -0.2) is 4.98 Å². The van der Waals surface area contributed by atoms with Gasteiger partial charge in [-0.05, 0) is 36.6 Å². The monoisotopic (exact) mass is 315 g/mol. The first-order chi connectivity index (χ1) is 9.70. The van der Waals surface area contributed by atoms with Crippen LogP contribution in [0.5, 0.6) is 0 Å². The van der Waals surface area contributed by atoms with Crippen LogP contribution in [0.2, 0.25) is 5.15 Å². The Labute approximate surface area is 125 Å². The van der Waals surface area contributed by atoms with Crippen molar-refractivity contribution in [2.75, 3.05) is 0 Å². The summed E-state index contributed by atoms with van der Waals surface area (Å²) in [7, 11) is 0. The summed E-state index contributed by atoms with van der Waals surface area (Å²) in [6.07, 6.45) is -5.68. The van der Waals surface area contributed by atoms with Crippen LogP contribution in [-0.4, -0.2) is 10.1 Å². The molecule has 0 radical (unpaired) electrons. The first kappa shape index (κ1) is 15.8. The molecule has 112 valence electrons. The SMILES string of the molecule is Cc1ccc(C(O)c2ccc(C(F)(F)F)nc2Cl)cc1C. The predicted molar refractivity (Wildman–Crippen MR) is 74.2 cm³/mol. The molecule has 1 aromatic heterocycles. The minimum absolute atomic E-state index is 0.146. The molecule has 0 aliphatic rings. The summed E-state index contributed by atoms with van der Waals surface area (Å²) >= 11 is 5.78. The van der Waals surface area contributed by atoms with Crippen LogP contribution in [0.25, 0.3) is 0 Å². The van der Waals surface area contributed by atoms with Crippen LogP contribution in [-0.2, 0) is 6.18 Å². The Balaban J connectivity index is 2.39. The van der Waals surface area contributed by atoms with Crippen molar-refractivity contribution in [3.8, 4) is 0 Å². The van der Waals surface area contributed by atoms with E-state index in [4.69, 9.17) is 11.6 Å². The fourth-order valence-electron chi connectivity index (χ4n) is 1.92. The second-order valence-corrected chi connectivity index (χ2v) is 5.18. The number of rotatable bonds is 2. The molecule has 0 saturated carbocycles. The van der Waals surface area contributed by atoms with Gasteiger partial charge >= 0.3 is 6.18 Å². The molecule has 1 heterocycles. The number of benzene rings is 1. The lowest BCUT2D eigenvalue weighted by Gasteiger charge is -2.15. The van der Waals surface area contributed by atoms with Crippen LogP contribution in [0.1, 0.15) is 34.1 Å². The largest absolute Gasteiger partial charge is 0.433 e.